The van der Waals surface area contributed by atoms with E-state index in [4.69, 9.17) is 4.74 Å². The lowest BCUT2D eigenvalue weighted by Crippen LogP contribution is -2.49. The minimum Gasteiger partial charge on any atom is -0.378 e. The summed E-state index contributed by atoms with van der Waals surface area (Å²) in [7, 11) is -3.57. The summed E-state index contributed by atoms with van der Waals surface area (Å²) in [6.07, 6.45) is 2.34. The number of ether oxygens (including phenoxy) is 1. The SMILES string of the molecule is O=C1NCCOCCN(S(=O)(=O)c2cccs2)[C@H]2CCC[C@@H]12. The van der Waals surface area contributed by atoms with Crippen molar-refractivity contribution in [2.75, 3.05) is 26.3 Å². The first kappa shape index (κ1) is 15.9. The second-order valence-electron chi connectivity index (χ2n) is 5.56. The van der Waals surface area contributed by atoms with E-state index in [1.54, 1.807) is 17.5 Å². The number of carbonyl (C=O) groups excluding carboxylic acids is 1. The van der Waals surface area contributed by atoms with Gasteiger partial charge in [0.1, 0.15) is 4.21 Å². The highest BCUT2D eigenvalue weighted by Gasteiger charge is 2.42. The molecule has 0 bridgehead atoms. The number of hydrogen-bond donors (Lipinski definition) is 1. The van der Waals surface area contributed by atoms with Crippen molar-refractivity contribution in [1.29, 1.82) is 0 Å². The van der Waals surface area contributed by atoms with Crippen molar-refractivity contribution in [3.63, 3.8) is 0 Å². The maximum absolute atomic E-state index is 12.9. The van der Waals surface area contributed by atoms with Crippen molar-refractivity contribution in [2.24, 2.45) is 5.92 Å². The van der Waals surface area contributed by atoms with E-state index in [2.05, 4.69) is 5.32 Å². The molecule has 1 aliphatic heterocycles. The highest BCUT2D eigenvalue weighted by atomic mass is 32.2. The second kappa shape index (κ2) is 6.66. The van der Waals surface area contributed by atoms with Crippen LogP contribution in [0.5, 0.6) is 0 Å². The van der Waals surface area contributed by atoms with Gasteiger partial charge in [0.25, 0.3) is 10.0 Å². The van der Waals surface area contributed by atoms with Gasteiger partial charge in [0.05, 0.1) is 19.1 Å². The second-order valence-corrected chi connectivity index (χ2v) is 8.62. The molecule has 2 heterocycles. The van der Waals surface area contributed by atoms with Gasteiger partial charge < -0.3 is 10.1 Å². The standard InChI is InChI=1S/C14H20N2O4S2/c17-14-11-3-1-4-12(11)16(7-9-20-8-6-15-14)22(18,19)13-5-2-10-21-13/h2,5,10-12H,1,3-4,6-9H2,(H,15,17)/t11-,12+/m1/s1. The van der Waals surface area contributed by atoms with Gasteiger partial charge in [-0.05, 0) is 24.3 Å². The molecule has 2 atom stereocenters. The van der Waals surface area contributed by atoms with Crippen LogP contribution in [0.4, 0.5) is 0 Å². The number of nitrogens with one attached hydrogen (secondary N) is 1. The van der Waals surface area contributed by atoms with Crippen LogP contribution in [0.1, 0.15) is 19.3 Å². The number of rotatable bonds is 2. The van der Waals surface area contributed by atoms with E-state index in [1.165, 1.54) is 15.6 Å². The Morgan fingerprint density at radius 1 is 1.32 bits per heavy atom. The number of carbonyl (C=O) groups is 1. The molecule has 0 unspecified atom stereocenters. The minimum atomic E-state index is -3.57. The molecule has 122 valence electrons. The van der Waals surface area contributed by atoms with E-state index in [0.717, 1.165) is 19.3 Å². The molecule has 3 rings (SSSR count). The fourth-order valence-electron chi connectivity index (χ4n) is 3.22. The van der Waals surface area contributed by atoms with E-state index >= 15 is 0 Å². The summed E-state index contributed by atoms with van der Waals surface area (Å²) in [5, 5.41) is 4.60. The van der Waals surface area contributed by atoms with Crippen molar-refractivity contribution < 1.29 is 17.9 Å². The van der Waals surface area contributed by atoms with Crippen LogP contribution in [-0.2, 0) is 19.6 Å². The maximum Gasteiger partial charge on any atom is 0.252 e. The van der Waals surface area contributed by atoms with Crippen molar-refractivity contribution in [1.82, 2.24) is 9.62 Å². The summed E-state index contributed by atoms with van der Waals surface area (Å²) in [6, 6.07) is 3.08. The third kappa shape index (κ3) is 3.05. The van der Waals surface area contributed by atoms with Crippen molar-refractivity contribution >= 4 is 27.3 Å². The van der Waals surface area contributed by atoms with E-state index in [-0.39, 0.29) is 17.9 Å². The van der Waals surface area contributed by atoms with Crippen LogP contribution in [0.15, 0.2) is 21.7 Å². The largest absolute Gasteiger partial charge is 0.378 e. The molecule has 22 heavy (non-hydrogen) atoms. The first-order chi connectivity index (χ1) is 10.6. The number of nitrogens with zero attached hydrogens (tertiary/aromatic N) is 1. The Bertz CT molecular complexity index is 615. The van der Waals surface area contributed by atoms with Crippen LogP contribution in [-0.4, -0.2) is 51.0 Å². The monoisotopic (exact) mass is 344 g/mol. The van der Waals surface area contributed by atoms with Crippen LogP contribution in [0.2, 0.25) is 0 Å². The Labute approximate surface area is 134 Å². The van der Waals surface area contributed by atoms with Crippen molar-refractivity contribution in [3.05, 3.63) is 17.5 Å². The molecule has 1 saturated heterocycles. The average Bonchev–Trinajstić information content (AvgIpc) is 3.17. The summed E-state index contributed by atoms with van der Waals surface area (Å²) < 4.78 is 33.1. The van der Waals surface area contributed by atoms with E-state index in [1.807, 2.05) is 0 Å². The zero-order valence-corrected chi connectivity index (χ0v) is 13.9. The van der Waals surface area contributed by atoms with Gasteiger partial charge in [-0.2, -0.15) is 4.31 Å². The predicted octanol–water partition coefficient (Wildman–Crippen LogP) is 1.05. The molecular weight excluding hydrogens is 324 g/mol. The molecule has 1 N–H and O–H groups in total. The fourth-order valence-corrected chi connectivity index (χ4v) is 6.01. The molecule has 8 heteroatoms. The number of fused-ring (bicyclic) bond motifs is 1. The predicted molar refractivity (Wildman–Crippen MR) is 83.2 cm³/mol. The molecule has 1 aromatic heterocycles. The number of amides is 1. The van der Waals surface area contributed by atoms with Gasteiger partial charge in [-0.1, -0.05) is 12.5 Å². The van der Waals surface area contributed by atoms with E-state index in [0.29, 0.717) is 30.5 Å². The highest BCUT2D eigenvalue weighted by molar-refractivity contribution is 7.91. The number of hydrogen-bond acceptors (Lipinski definition) is 5. The summed E-state index contributed by atoms with van der Waals surface area (Å²) in [5.74, 6) is -0.313. The first-order valence-corrected chi connectivity index (χ1v) is 9.83. The van der Waals surface area contributed by atoms with Gasteiger partial charge in [-0.25, -0.2) is 8.42 Å². The Balaban J connectivity index is 1.93. The zero-order valence-electron chi connectivity index (χ0n) is 12.2. The Hall–Kier alpha value is -0.960. The third-order valence-corrected chi connectivity index (χ3v) is 7.54. The molecule has 1 aliphatic carbocycles. The molecule has 1 saturated carbocycles. The summed E-state index contributed by atoms with van der Waals surface area (Å²) in [6.45, 7) is 1.55. The summed E-state index contributed by atoms with van der Waals surface area (Å²) in [5.41, 5.74) is 0. The van der Waals surface area contributed by atoms with Gasteiger partial charge in [0.2, 0.25) is 5.91 Å². The molecule has 1 amide bonds. The van der Waals surface area contributed by atoms with Crippen LogP contribution in [0, 0.1) is 5.92 Å². The molecule has 2 fully saturated rings. The fraction of sp³-hybridized carbons (Fsp3) is 0.643. The number of thiophene rings is 1. The Morgan fingerprint density at radius 2 is 2.18 bits per heavy atom. The van der Waals surface area contributed by atoms with E-state index in [9.17, 15) is 13.2 Å². The average molecular weight is 344 g/mol. The van der Waals surface area contributed by atoms with Crippen LogP contribution in [0.3, 0.4) is 0 Å². The highest BCUT2D eigenvalue weighted by Crippen LogP contribution is 2.34. The topological polar surface area (TPSA) is 75.7 Å². The van der Waals surface area contributed by atoms with Gasteiger partial charge >= 0.3 is 0 Å². The molecule has 0 spiro atoms. The molecule has 0 radical (unpaired) electrons. The van der Waals surface area contributed by atoms with Gasteiger partial charge in [0.15, 0.2) is 0 Å². The zero-order chi connectivity index (χ0) is 15.6. The van der Waals surface area contributed by atoms with Gasteiger partial charge in [-0.3, -0.25) is 4.79 Å². The van der Waals surface area contributed by atoms with Crippen molar-refractivity contribution in [2.45, 2.75) is 29.5 Å². The normalized spacial score (nSPS) is 28.1. The lowest BCUT2D eigenvalue weighted by molar-refractivity contribution is -0.126. The first-order valence-electron chi connectivity index (χ1n) is 7.51. The van der Waals surface area contributed by atoms with Gasteiger partial charge in [-0.15, -0.1) is 11.3 Å². The minimum absolute atomic E-state index is 0.0561. The molecular formula is C14H20N2O4S2. The van der Waals surface area contributed by atoms with Gasteiger partial charge in [0, 0.05) is 19.1 Å². The molecule has 2 aliphatic rings. The van der Waals surface area contributed by atoms with E-state index < -0.39 is 10.0 Å². The molecule has 6 nitrogen and oxygen atoms in total. The molecule has 1 aromatic rings. The lowest BCUT2D eigenvalue weighted by Gasteiger charge is -2.32. The quantitative estimate of drug-likeness (QED) is 0.870. The van der Waals surface area contributed by atoms with Crippen LogP contribution in [0.25, 0.3) is 0 Å². The number of sulfonamides is 1. The summed E-state index contributed by atoms with van der Waals surface area (Å²) in [4.78, 5) is 12.3. The smallest absolute Gasteiger partial charge is 0.252 e. The van der Waals surface area contributed by atoms with Crippen LogP contribution >= 0.6 is 11.3 Å². The molecule has 0 aromatic carbocycles. The van der Waals surface area contributed by atoms with Crippen molar-refractivity contribution in [3.8, 4) is 0 Å². The maximum atomic E-state index is 12.9. The van der Waals surface area contributed by atoms with Crippen LogP contribution < -0.4 is 5.32 Å². The summed E-state index contributed by atoms with van der Waals surface area (Å²) >= 11 is 1.21. The lowest BCUT2D eigenvalue weighted by atomic mass is 10.0. The Morgan fingerprint density at radius 3 is 2.95 bits per heavy atom. The third-order valence-electron chi connectivity index (χ3n) is 4.25. The Kier molecular flexibility index (Phi) is 4.82.